The Bertz CT molecular complexity index is 1080. The third kappa shape index (κ3) is 3.49. The van der Waals surface area contributed by atoms with Gasteiger partial charge in [0.2, 0.25) is 0 Å². The van der Waals surface area contributed by atoms with E-state index in [1.54, 1.807) is 26.6 Å². The first-order valence-electron chi connectivity index (χ1n) is 9.12. The van der Waals surface area contributed by atoms with E-state index in [1.165, 1.54) is 5.56 Å². The molecular formula is C22H22N4O2. The van der Waals surface area contributed by atoms with Crippen molar-refractivity contribution < 1.29 is 9.47 Å². The minimum Gasteiger partial charge on any atom is -0.493 e. The highest BCUT2D eigenvalue weighted by Crippen LogP contribution is 2.35. The summed E-state index contributed by atoms with van der Waals surface area (Å²) in [6.07, 6.45) is 6.35. The number of ether oxygens (including phenoxy) is 2. The summed E-state index contributed by atoms with van der Waals surface area (Å²) in [6.45, 7) is 0.792. The Morgan fingerprint density at radius 3 is 2.61 bits per heavy atom. The van der Waals surface area contributed by atoms with E-state index in [4.69, 9.17) is 14.5 Å². The summed E-state index contributed by atoms with van der Waals surface area (Å²) in [4.78, 5) is 8.98. The van der Waals surface area contributed by atoms with Crippen molar-refractivity contribution in [3.63, 3.8) is 0 Å². The molecule has 4 rings (SSSR count). The molecule has 28 heavy (non-hydrogen) atoms. The van der Waals surface area contributed by atoms with E-state index in [2.05, 4.69) is 34.6 Å². The number of anilines is 1. The average Bonchev–Trinajstić information content (AvgIpc) is 3.12. The van der Waals surface area contributed by atoms with Crippen LogP contribution in [0, 0.1) is 0 Å². The van der Waals surface area contributed by atoms with Crippen molar-refractivity contribution >= 4 is 11.5 Å². The molecule has 0 aliphatic heterocycles. The van der Waals surface area contributed by atoms with Crippen LogP contribution in [0.4, 0.5) is 5.82 Å². The van der Waals surface area contributed by atoms with Crippen LogP contribution in [-0.4, -0.2) is 35.1 Å². The van der Waals surface area contributed by atoms with Gasteiger partial charge in [-0.25, -0.2) is 4.98 Å². The second kappa shape index (κ2) is 8.00. The first-order valence-corrected chi connectivity index (χ1v) is 9.12. The predicted molar refractivity (Wildman–Crippen MR) is 110 cm³/mol. The lowest BCUT2D eigenvalue weighted by molar-refractivity contribution is 0.355. The molecule has 0 spiro atoms. The molecule has 142 valence electrons. The highest BCUT2D eigenvalue weighted by Gasteiger charge is 2.16. The summed E-state index contributed by atoms with van der Waals surface area (Å²) in [6, 6.07) is 16.2. The number of benzene rings is 2. The van der Waals surface area contributed by atoms with Crippen molar-refractivity contribution in [2.45, 2.75) is 6.42 Å². The fourth-order valence-electron chi connectivity index (χ4n) is 3.23. The zero-order chi connectivity index (χ0) is 19.3. The van der Waals surface area contributed by atoms with Gasteiger partial charge in [-0.3, -0.25) is 9.38 Å². The number of hydrogen-bond acceptors (Lipinski definition) is 5. The number of rotatable bonds is 7. The number of aromatic nitrogens is 3. The summed E-state index contributed by atoms with van der Waals surface area (Å²) < 4.78 is 12.8. The predicted octanol–water partition coefficient (Wildman–Crippen LogP) is 4.07. The molecule has 2 aromatic heterocycles. The van der Waals surface area contributed by atoms with Gasteiger partial charge in [0, 0.05) is 24.5 Å². The molecule has 4 aromatic rings. The molecule has 0 saturated carbocycles. The maximum Gasteiger partial charge on any atom is 0.161 e. The smallest absolute Gasteiger partial charge is 0.161 e. The Kier molecular flexibility index (Phi) is 5.10. The molecule has 0 aliphatic carbocycles. The SMILES string of the molecule is COc1ccc(-c2nc3cnccn3c2NCCc2ccccc2)cc1OC. The molecule has 0 radical (unpaired) electrons. The first kappa shape index (κ1) is 17.9. The highest BCUT2D eigenvalue weighted by atomic mass is 16.5. The van der Waals surface area contributed by atoms with Gasteiger partial charge in [0.05, 0.1) is 20.4 Å². The molecule has 0 aliphatic rings. The molecule has 0 bridgehead atoms. The lowest BCUT2D eigenvalue weighted by Gasteiger charge is -2.11. The molecule has 0 saturated heterocycles. The minimum absolute atomic E-state index is 0.672. The summed E-state index contributed by atoms with van der Waals surface area (Å²) in [5.41, 5.74) is 3.87. The summed E-state index contributed by atoms with van der Waals surface area (Å²) in [5, 5.41) is 3.55. The molecule has 6 heteroatoms. The number of imidazole rings is 1. The van der Waals surface area contributed by atoms with E-state index in [-0.39, 0.29) is 0 Å². The zero-order valence-corrected chi connectivity index (χ0v) is 15.9. The molecule has 0 unspecified atom stereocenters. The van der Waals surface area contributed by atoms with Crippen LogP contribution < -0.4 is 14.8 Å². The van der Waals surface area contributed by atoms with Crippen molar-refractivity contribution in [1.29, 1.82) is 0 Å². The maximum absolute atomic E-state index is 5.46. The molecule has 0 amide bonds. The van der Waals surface area contributed by atoms with Crippen molar-refractivity contribution in [2.24, 2.45) is 0 Å². The number of hydrogen-bond donors (Lipinski definition) is 1. The summed E-state index contributed by atoms with van der Waals surface area (Å²) >= 11 is 0. The average molecular weight is 374 g/mol. The third-order valence-corrected chi connectivity index (χ3v) is 4.64. The minimum atomic E-state index is 0.672. The van der Waals surface area contributed by atoms with Gasteiger partial charge in [0.15, 0.2) is 17.1 Å². The molecule has 6 nitrogen and oxygen atoms in total. The molecule has 2 heterocycles. The number of nitrogens with one attached hydrogen (secondary N) is 1. The Morgan fingerprint density at radius 2 is 1.82 bits per heavy atom. The standard InChI is InChI=1S/C22H22N4O2/c1-27-18-9-8-17(14-19(18)28-2)21-22(26-13-12-23-15-20(26)25-21)24-11-10-16-6-4-3-5-7-16/h3-9,12-15,24H,10-11H2,1-2H3. The quantitative estimate of drug-likeness (QED) is 0.528. The molecular weight excluding hydrogens is 352 g/mol. The normalized spacial score (nSPS) is 10.8. The van der Waals surface area contributed by atoms with Crippen LogP contribution in [0.2, 0.25) is 0 Å². The molecule has 2 aromatic carbocycles. The van der Waals surface area contributed by atoms with Crippen molar-refractivity contribution in [2.75, 3.05) is 26.1 Å². The van der Waals surface area contributed by atoms with Crippen LogP contribution in [0.3, 0.4) is 0 Å². The number of methoxy groups -OCH3 is 2. The van der Waals surface area contributed by atoms with Gasteiger partial charge in [0.25, 0.3) is 0 Å². The number of nitrogens with zero attached hydrogens (tertiary/aromatic N) is 3. The topological polar surface area (TPSA) is 60.7 Å². The van der Waals surface area contributed by atoms with Gasteiger partial charge in [-0.05, 0) is 30.2 Å². The Labute approximate surface area is 163 Å². The van der Waals surface area contributed by atoms with Gasteiger partial charge in [0.1, 0.15) is 11.5 Å². The van der Waals surface area contributed by atoms with Gasteiger partial charge < -0.3 is 14.8 Å². The largest absolute Gasteiger partial charge is 0.493 e. The first-order chi connectivity index (χ1) is 13.8. The van der Waals surface area contributed by atoms with E-state index in [0.717, 1.165) is 35.7 Å². The van der Waals surface area contributed by atoms with Gasteiger partial charge in [-0.1, -0.05) is 30.3 Å². The van der Waals surface area contributed by atoms with Crippen molar-refractivity contribution in [3.8, 4) is 22.8 Å². The van der Waals surface area contributed by atoms with Crippen LogP contribution in [0.1, 0.15) is 5.56 Å². The molecule has 0 fully saturated rings. The maximum atomic E-state index is 5.46. The van der Waals surface area contributed by atoms with E-state index < -0.39 is 0 Å². The van der Waals surface area contributed by atoms with Crippen LogP contribution in [0.15, 0.2) is 67.1 Å². The third-order valence-electron chi connectivity index (χ3n) is 4.64. The summed E-state index contributed by atoms with van der Waals surface area (Å²) in [7, 11) is 3.26. The van der Waals surface area contributed by atoms with E-state index in [0.29, 0.717) is 11.5 Å². The lowest BCUT2D eigenvalue weighted by atomic mass is 10.1. The fraction of sp³-hybridized carbons (Fsp3) is 0.182. The zero-order valence-electron chi connectivity index (χ0n) is 15.9. The van der Waals surface area contributed by atoms with Crippen molar-refractivity contribution in [3.05, 3.63) is 72.7 Å². The van der Waals surface area contributed by atoms with Gasteiger partial charge >= 0.3 is 0 Å². The number of fused-ring (bicyclic) bond motifs is 1. The Hall–Kier alpha value is -3.54. The summed E-state index contributed by atoms with van der Waals surface area (Å²) in [5.74, 6) is 2.29. The monoisotopic (exact) mass is 374 g/mol. The van der Waals surface area contributed by atoms with Crippen LogP contribution in [0.25, 0.3) is 16.9 Å². The van der Waals surface area contributed by atoms with E-state index >= 15 is 0 Å². The molecule has 0 atom stereocenters. The lowest BCUT2D eigenvalue weighted by Crippen LogP contribution is -2.07. The molecule has 1 N–H and O–H groups in total. The Balaban J connectivity index is 1.69. The highest BCUT2D eigenvalue weighted by molar-refractivity contribution is 5.77. The van der Waals surface area contributed by atoms with E-state index in [9.17, 15) is 0 Å². The second-order valence-corrected chi connectivity index (χ2v) is 6.35. The van der Waals surface area contributed by atoms with E-state index in [1.807, 2.05) is 34.9 Å². The van der Waals surface area contributed by atoms with Crippen LogP contribution >= 0.6 is 0 Å². The van der Waals surface area contributed by atoms with Crippen LogP contribution in [-0.2, 0) is 6.42 Å². The second-order valence-electron chi connectivity index (χ2n) is 6.35. The van der Waals surface area contributed by atoms with Gasteiger partial charge in [-0.15, -0.1) is 0 Å². The van der Waals surface area contributed by atoms with Crippen LogP contribution in [0.5, 0.6) is 11.5 Å². The fourth-order valence-corrected chi connectivity index (χ4v) is 3.23. The van der Waals surface area contributed by atoms with Gasteiger partial charge in [-0.2, -0.15) is 0 Å². The Morgan fingerprint density at radius 1 is 1.00 bits per heavy atom. The van der Waals surface area contributed by atoms with Crippen molar-refractivity contribution in [1.82, 2.24) is 14.4 Å².